The summed E-state index contributed by atoms with van der Waals surface area (Å²) in [5.41, 5.74) is 3.87. The smallest absolute Gasteiger partial charge is 0.306 e. The molecule has 5 rings (SSSR count). The van der Waals surface area contributed by atoms with Gasteiger partial charge in [-0.25, -0.2) is 0 Å². The number of hydrogen-bond acceptors (Lipinski definition) is 2. The Kier molecular flexibility index (Phi) is 13.2. The molecule has 4 fully saturated rings. The molecule has 288 valence electrons. The Hall–Kier alpha value is -0.790. The zero-order chi connectivity index (χ0) is 36.3. The van der Waals surface area contributed by atoms with Crippen molar-refractivity contribution >= 4 is 5.97 Å². The molecule has 0 aromatic carbocycles. The van der Waals surface area contributed by atoms with Gasteiger partial charge >= 0.3 is 5.97 Å². The Balaban J connectivity index is 1.07. The fraction of sp³-hybridized carbons (Fsp3) is 0.938. The van der Waals surface area contributed by atoms with Crippen LogP contribution in [0.4, 0.5) is 0 Å². The minimum absolute atomic E-state index is 0.0302. The minimum Gasteiger partial charge on any atom is -0.462 e. The number of esters is 1. The molecule has 0 aliphatic heterocycles. The molecule has 0 aromatic rings. The molecule has 0 N–H and O–H groups in total. The molecule has 2 nitrogen and oxygen atoms in total. The first-order chi connectivity index (χ1) is 23.6. The zero-order valence-corrected chi connectivity index (χ0v) is 35.1. The molecule has 0 bridgehead atoms. The van der Waals surface area contributed by atoms with Crippen LogP contribution in [-0.4, -0.2) is 12.1 Å². The summed E-state index contributed by atoms with van der Waals surface area (Å²) in [6, 6.07) is 0. The van der Waals surface area contributed by atoms with E-state index in [1.54, 1.807) is 0 Å². The number of carbonyl (C=O) groups excluding carboxylic acids is 1. The SMILES string of the molecule is CCCCCCCCCCCCCCCCCC(=O)O[C@H]1CC[C@]2(C)[C@H]3CC=C4[C@H]5CC(C)(C)CC[C@]5(C)CC[C@@]4(C)[C@]3(C)CC[C@H]2C1(C)C. The van der Waals surface area contributed by atoms with Crippen LogP contribution in [0.2, 0.25) is 0 Å². The van der Waals surface area contributed by atoms with E-state index >= 15 is 0 Å². The number of allylic oxidation sites excluding steroid dienone is 2. The van der Waals surface area contributed by atoms with E-state index in [0.717, 1.165) is 24.7 Å². The van der Waals surface area contributed by atoms with E-state index in [4.69, 9.17) is 4.74 Å². The van der Waals surface area contributed by atoms with Crippen LogP contribution < -0.4 is 0 Å². The summed E-state index contributed by atoms with van der Waals surface area (Å²) in [5.74, 6) is 2.18. The van der Waals surface area contributed by atoms with Gasteiger partial charge in [0.25, 0.3) is 0 Å². The highest BCUT2D eigenvalue weighted by Gasteiger charge is 2.68. The van der Waals surface area contributed by atoms with E-state index in [0.29, 0.717) is 39.4 Å². The zero-order valence-electron chi connectivity index (χ0n) is 35.1. The van der Waals surface area contributed by atoms with E-state index in [1.807, 2.05) is 5.57 Å². The van der Waals surface area contributed by atoms with E-state index in [2.05, 4.69) is 68.4 Å². The first kappa shape index (κ1) is 40.4. The van der Waals surface area contributed by atoms with Gasteiger partial charge < -0.3 is 4.74 Å². The third-order valence-electron chi connectivity index (χ3n) is 17.3. The van der Waals surface area contributed by atoms with Crippen molar-refractivity contribution in [3.8, 4) is 0 Å². The van der Waals surface area contributed by atoms with Crippen molar-refractivity contribution in [2.24, 2.45) is 50.2 Å². The number of ether oxygens (including phenoxy) is 1. The standard InChI is InChI=1S/C48H84O2/c1-10-11-12-13-14-15-16-17-18-19-20-21-22-23-24-25-42(49)50-41-29-30-46(7)39(44(41,4)5)28-31-48(9)40(46)27-26-37-38-36-43(2,3)32-33-45(38,6)34-35-47(37,48)8/h26,38-41H,10-25,27-36H2,1-9H3/t38-,39+,40-,41+,45-,46+,47-,48-/m1/s1. The van der Waals surface area contributed by atoms with Crippen molar-refractivity contribution in [1.29, 1.82) is 0 Å². The van der Waals surface area contributed by atoms with Crippen molar-refractivity contribution in [3.63, 3.8) is 0 Å². The number of fused-ring (bicyclic) bond motifs is 7. The van der Waals surface area contributed by atoms with Gasteiger partial charge in [-0.2, -0.15) is 0 Å². The first-order valence-electron chi connectivity index (χ1n) is 22.5. The molecule has 0 spiro atoms. The maximum absolute atomic E-state index is 13.2. The summed E-state index contributed by atoms with van der Waals surface area (Å²) in [5, 5.41) is 0. The van der Waals surface area contributed by atoms with Gasteiger partial charge in [-0.15, -0.1) is 0 Å². The molecule has 2 heteroatoms. The molecular formula is C48H84O2. The summed E-state index contributed by atoms with van der Waals surface area (Å²) in [6.07, 6.45) is 36.9. The van der Waals surface area contributed by atoms with Crippen LogP contribution in [0.1, 0.15) is 229 Å². The highest BCUT2D eigenvalue weighted by Crippen LogP contribution is 2.75. The van der Waals surface area contributed by atoms with E-state index < -0.39 is 0 Å². The molecule has 0 unspecified atom stereocenters. The lowest BCUT2D eigenvalue weighted by Gasteiger charge is -2.71. The summed E-state index contributed by atoms with van der Waals surface area (Å²) in [4.78, 5) is 13.2. The van der Waals surface area contributed by atoms with Crippen LogP contribution in [0.5, 0.6) is 0 Å². The summed E-state index contributed by atoms with van der Waals surface area (Å²) >= 11 is 0. The first-order valence-corrected chi connectivity index (χ1v) is 22.5. The molecule has 0 radical (unpaired) electrons. The fourth-order valence-electron chi connectivity index (χ4n) is 13.6. The molecule has 0 aromatic heterocycles. The number of carbonyl (C=O) groups is 1. The monoisotopic (exact) mass is 693 g/mol. The predicted molar refractivity (Wildman–Crippen MR) is 214 cm³/mol. The lowest BCUT2D eigenvalue weighted by Crippen LogP contribution is -2.64. The van der Waals surface area contributed by atoms with E-state index in [-0.39, 0.29) is 17.5 Å². The van der Waals surface area contributed by atoms with Crippen molar-refractivity contribution in [3.05, 3.63) is 11.6 Å². The molecule has 4 saturated carbocycles. The maximum atomic E-state index is 13.2. The van der Waals surface area contributed by atoms with Crippen molar-refractivity contribution < 1.29 is 9.53 Å². The minimum atomic E-state index is 0.0302. The molecule has 5 aliphatic rings. The van der Waals surface area contributed by atoms with Gasteiger partial charge in [0.05, 0.1) is 0 Å². The van der Waals surface area contributed by atoms with Gasteiger partial charge in [0, 0.05) is 11.8 Å². The molecule has 5 aliphatic carbocycles. The fourth-order valence-corrected chi connectivity index (χ4v) is 13.6. The second-order valence-electron chi connectivity index (χ2n) is 21.4. The van der Waals surface area contributed by atoms with Crippen LogP contribution in [0.15, 0.2) is 11.6 Å². The Morgan fingerprint density at radius 3 is 1.82 bits per heavy atom. The molecule has 8 atom stereocenters. The average molecular weight is 693 g/mol. The van der Waals surface area contributed by atoms with Gasteiger partial charge in [0.1, 0.15) is 6.10 Å². The van der Waals surface area contributed by atoms with Gasteiger partial charge in [0.2, 0.25) is 0 Å². The molecule has 0 heterocycles. The molecule has 50 heavy (non-hydrogen) atoms. The van der Waals surface area contributed by atoms with Crippen LogP contribution in [0, 0.1) is 50.2 Å². The average Bonchev–Trinajstić information content (AvgIpc) is 3.05. The van der Waals surface area contributed by atoms with Gasteiger partial charge in [-0.05, 0) is 115 Å². The quantitative estimate of drug-likeness (QED) is 0.0861. The molecule has 0 amide bonds. The van der Waals surface area contributed by atoms with Gasteiger partial charge in [-0.1, -0.05) is 164 Å². The second-order valence-corrected chi connectivity index (χ2v) is 21.4. The topological polar surface area (TPSA) is 26.3 Å². The molecular weight excluding hydrogens is 609 g/mol. The maximum Gasteiger partial charge on any atom is 0.306 e. The summed E-state index contributed by atoms with van der Waals surface area (Å²) < 4.78 is 6.43. The van der Waals surface area contributed by atoms with Gasteiger partial charge in [0.15, 0.2) is 0 Å². The molecule has 0 saturated heterocycles. The lowest BCUT2D eigenvalue weighted by molar-refractivity contribution is -0.212. The number of rotatable bonds is 17. The van der Waals surface area contributed by atoms with Crippen molar-refractivity contribution in [1.82, 2.24) is 0 Å². The van der Waals surface area contributed by atoms with Gasteiger partial charge in [-0.3, -0.25) is 4.79 Å². The third-order valence-corrected chi connectivity index (χ3v) is 17.3. The highest BCUT2D eigenvalue weighted by atomic mass is 16.5. The Morgan fingerprint density at radius 1 is 0.660 bits per heavy atom. The summed E-state index contributed by atoms with van der Waals surface area (Å²) in [6.45, 7) is 23.1. The number of unbranched alkanes of at least 4 members (excludes halogenated alkanes) is 14. The van der Waals surface area contributed by atoms with Crippen LogP contribution in [0.25, 0.3) is 0 Å². The normalized spacial score (nSPS) is 38.6. The lowest BCUT2D eigenvalue weighted by atomic mass is 9.33. The predicted octanol–water partition coefficient (Wildman–Crippen LogP) is 15.0. The number of hydrogen-bond donors (Lipinski definition) is 0. The van der Waals surface area contributed by atoms with Crippen LogP contribution in [0.3, 0.4) is 0 Å². The Morgan fingerprint density at radius 2 is 1.22 bits per heavy atom. The Bertz CT molecular complexity index is 1150. The van der Waals surface area contributed by atoms with Crippen molar-refractivity contribution in [2.45, 2.75) is 235 Å². The van der Waals surface area contributed by atoms with Crippen molar-refractivity contribution in [2.75, 3.05) is 0 Å². The highest BCUT2D eigenvalue weighted by molar-refractivity contribution is 5.69. The largest absolute Gasteiger partial charge is 0.462 e. The second kappa shape index (κ2) is 16.3. The summed E-state index contributed by atoms with van der Waals surface area (Å²) in [7, 11) is 0. The van der Waals surface area contributed by atoms with Crippen LogP contribution >= 0.6 is 0 Å². The van der Waals surface area contributed by atoms with E-state index in [1.165, 1.54) is 148 Å². The Labute approximate surface area is 311 Å². The van der Waals surface area contributed by atoms with E-state index in [9.17, 15) is 4.79 Å². The van der Waals surface area contributed by atoms with Crippen LogP contribution in [-0.2, 0) is 9.53 Å². The third kappa shape index (κ3) is 8.15.